The molecule has 0 radical (unpaired) electrons. The van der Waals surface area contributed by atoms with Gasteiger partial charge in [0, 0.05) is 49.9 Å². The summed E-state index contributed by atoms with van der Waals surface area (Å²) in [5.74, 6) is 0.869. The lowest BCUT2D eigenvalue weighted by atomic mass is 10.0. The number of ether oxygens (including phenoxy) is 2. The standard InChI is InChI=1S/C25H27N3O5/c1-18-15-19(7-9-23(18)28(30)31)17-33-25(29)27-13-11-26(12-14-27)16-22-21-6-4-3-5-20(21)8-10-24(22)32-2/h3-10,15H,11-14,16-17H2,1-2H3. The van der Waals surface area contributed by atoms with Gasteiger partial charge in [-0.2, -0.15) is 0 Å². The van der Waals surface area contributed by atoms with Crippen LogP contribution in [0.3, 0.4) is 0 Å². The Kier molecular flexibility index (Phi) is 6.74. The fraction of sp³-hybridized carbons (Fsp3) is 0.320. The van der Waals surface area contributed by atoms with Gasteiger partial charge in [-0.1, -0.05) is 30.3 Å². The van der Waals surface area contributed by atoms with E-state index in [4.69, 9.17) is 9.47 Å². The Morgan fingerprint density at radius 3 is 2.52 bits per heavy atom. The van der Waals surface area contributed by atoms with Gasteiger partial charge in [0.1, 0.15) is 12.4 Å². The number of rotatable bonds is 6. The number of nitro groups is 1. The summed E-state index contributed by atoms with van der Waals surface area (Å²) in [6.07, 6.45) is -0.367. The Morgan fingerprint density at radius 1 is 1.06 bits per heavy atom. The number of benzene rings is 3. The van der Waals surface area contributed by atoms with Crippen molar-refractivity contribution in [1.29, 1.82) is 0 Å². The second-order valence-corrected chi connectivity index (χ2v) is 8.16. The number of carbonyl (C=O) groups excluding carboxylic acids is 1. The Hall–Kier alpha value is -3.65. The van der Waals surface area contributed by atoms with Crippen molar-refractivity contribution in [3.05, 3.63) is 81.4 Å². The minimum atomic E-state index is -0.418. The molecule has 8 nitrogen and oxygen atoms in total. The van der Waals surface area contributed by atoms with Crippen molar-refractivity contribution in [1.82, 2.24) is 9.80 Å². The number of carbonyl (C=O) groups is 1. The van der Waals surface area contributed by atoms with Gasteiger partial charge in [-0.15, -0.1) is 0 Å². The fourth-order valence-corrected chi connectivity index (χ4v) is 4.23. The molecule has 3 aromatic carbocycles. The van der Waals surface area contributed by atoms with Crippen LogP contribution in [0.5, 0.6) is 5.75 Å². The maximum Gasteiger partial charge on any atom is 0.410 e. The van der Waals surface area contributed by atoms with E-state index in [0.29, 0.717) is 18.7 Å². The van der Waals surface area contributed by atoms with E-state index >= 15 is 0 Å². The molecule has 0 unspecified atom stereocenters. The van der Waals surface area contributed by atoms with Crippen LogP contribution in [0.15, 0.2) is 54.6 Å². The van der Waals surface area contributed by atoms with Crippen molar-refractivity contribution < 1.29 is 19.2 Å². The molecular weight excluding hydrogens is 422 g/mol. The van der Waals surface area contributed by atoms with Gasteiger partial charge in [-0.3, -0.25) is 15.0 Å². The molecule has 1 fully saturated rings. The number of fused-ring (bicyclic) bond motifs is 1. The average Bonchev–Trinajstić information content (AvgIpc) is 2.83. The van der Waals surface area contributed by atoms with Crippen molar-refractivity contribution in [2.24, 2.45) is 0 Å². The van der Waals surface area contributed by atoms with E-state index in [0.717, 1.165) is 36.5 Å². The highest BCUT2D eigenvalue weighted by molar-refractivity contribution is 5.87. The van der Waals surface area contributed by atoms with Crippen molar-refractivity contribution in [2.45, 2.75) is 20.1 Å². The van der Waals surface area contributed by atoms with E-state index in [1.807, 2.05) is 18.2 Å². The third-order valence-electron chi connectivity index (χ3n) is 6.05. The van der Waals surface area contributed by atoms with Gasteiger partial charge in [-0.05, 0) is 41.5 Å². The molecule has 0 aliphatic carbocycles. The molecule has 1 aliphatic heterocycles. The van der Waals surface area contributed by atoms with Gasteiger partial charge in [0.15, 0.2) is 0 Å². The monoisotopic (exact) mass is 449 g/mol. The number of hydrogen-bond donors (Lipinski definition) is 0. The predicted octanol–water partition coefficient (Wildman–Crippen LogP) is 4.52. The maximum absolute atomic E-state index is 12.5. The highest BCUT2D eigenvalue weighted by Gasteiger charge is 2.23. The molecule has 0 N–H and O–H groups in total. The van der Waals surface area contributed by atoms with E-state index in [1.165, 1.54) is 16.8 Å². The van der Waals surface area contributed by atoms with Gasteiger partial charge in [-0.25, -0.2) is 4.79 Å². The van der Waals surface area contributed by atoms with Crippen LogP contribution in [0.25, 0.3) is 10.8 Å². The van der Waals surface area contributed by atoms with Crippen LogP contribution in [-0.4, -0.2) is 54.1 Å². The Labute approximate surface area is 192 Å². The topological polar surface area (TPSA) is 85.2 Å². The summed E-state index contributed by atoms with van der Waals surface area (Å²) in [4.78, 5) is 27.1. The first-order valence-corrected chi connectivity index (χ1v) is 10.9. The molecule has 0 bridgehead atoms. The summed E-state index contributed by atoms with van der Waals surface area (Å²) in [6, 6.07) is 17.1. The zero-order chi connectivity index (χ0) is 23.4. The van der Waals surface area contributed by atoms with Crippen LogP contribution in [0.2, 0.25) is 0 Å². The number of amides is 1. The lowest BCUT2D eigenvalue weighted by molar-refractivity contribution is -0.385. The van der Waals surface area contributed by atoms with Crippen LogP contribution >= 0.6 is 0 Å². The molecule has 0 spiro atoms. The molecule has 1 aliphatic rings. The smallest absolute Gasteiger partial charge is 0.410 e. The first-order valence-electron chi connectivity index (χ1n) is 10.9. The highest BCUT2D eigenvalue weighted by atomic mass is 16.6. The second kappa shape index (κ2) is 9.87. The molecule has 33 heavy (non-hydrogen) atoms. The lowest BCUT2D eigenvalue weighted by Gasteiger charge is -2.34. The van der Waals surface area contributed by atoms with E-state index in [9.17, 15) is 14.9 Å². The van der Waals surface area contributed by atoms with Crippen LogP contribution in [-0.2, 0) is 17.9 Å². The number of hydrogen-bond acceptors (Lipinski definition) is 6. The average molecular weight is 450 g/mol. The van der Waals surface area contributed by atoms with Crippen LogP contribution in [0.4, 0.5) is 10.5 Å². The number of nitrogens with zero attached hydrogens (tertiary/aromatic N) is 3. The quantitative estimate of drug-likeness (QED) is 0.406. The number of nitro benzene ring substituents is 1. The normalized spacial score (nSPS) is 14.3. The lowest BCUT2D eigenvalue weighted by Crippen LogP contribution is -2.48. The molecule has 1 saturated heterocycles. The van der Waals surface area contributed by atoms with Gasteiger partial charge in [0.05, 0.1) is 12.0 Å². The first kappa shape index (κ1) is 22.5. The summed E-state index contributed by atoms with van der Waals surface area (Å²) >= 11 is 0. The molecule has 1 heterocycles. The minimum absolute atomic E-state index is 0.0593. The number of piperazine rings is 1. The Balaban J connectivity index is 1.33. The van der Waals surface area contributed by atoms with Gasteiger partial charge in [0.25, 0.3) is 5.69 Å². The second-order valence-electron chi connectivity index (χ2n) is 8.16. The summed E-state index contributed by atoms with van der Waals surface area (Å²) < 4.78 is 11.1. The van der Waals surface area contributed by atoms with Crippen molar-refractivity contribution >= 4 is 22.6 Å². The molecule has 1 amide bonds. The molecule has 4 rings (SSSR count). The molecule has 0 saturated carbocycles. The molecule has 0 aromatic heterocycles. The summed E-state index contributed by atoms with van der Waals surface area (Å²) in [5.41, 5.74) is 2.49. The largest absolute Gasteiger partial charge is 0.496 e. The fourth-order valence-electron chi connectivity index (χ4n) is 4.23. The zero-order valence-electron chi connectivity index (χ0n) is 18.8. The van der Waals surface area contributed by atoms with Crippen molar-refractivity contribution in [3.8, 4) is 5.75 Å². The molecule has 0 atom stereocenters. The van der Waals surface area contributed by atoms with Gasteiger partial charge >= 0.3 is 6.09 Å². The van der Waals surface area contributed by atoms with Gasteiger partial charge in [0.2, 0.25) is 0 Å². The summed E-state index contributed by atoms with van der Waals surface area (Å²) in [5, 5.41) is 13.3. The van der Waals surface area contributed by atoms with Crippen LogP contribution < -0.4 is 4.74 Å². The Bertz CT molecular complexity index is 1170. The van der Waals surface area contributed by atoms with Crippen LogP contribution in [0.1, 0.15) is 16.7 Å². The third-order valence-corrected chi connectivity index (χ3v) is 6.05. The predicted molar refractivity (Wildman–Crippen MR) is 125 cm³/mol. The van der Waals surface area contributed by atoms with Gasteiger partial charge < -0.3 is 14.4 Å². The van der Waals surface area contributed by atoms with Crippen LogP contribution in [0, 0.1) is 17.0 Å². The van der Waals surface area contributed by atoms with E-state index in [-0.39, 0.29) is 18.4 Å². The van der Waals surface area contributed by atoms with Crippen molar-refractivity contribution in [3.63, 3.8) is 0 Å². The molecular formula is C25H27N3O5. The summed E-state index contributed by atoms with van der Waals surface area (Å²) in [6.45, 7) is 5.13. The van der Waals surface area contributed by atoms with E-state index in [1.54, 1.807) is 31.1 Å². The maximum atomic E-state index is 12.5. The Morgan fingerprint density at radius 2 is 1.82 bits per heavy atom. The molecule has 3 aromatic rings. The minimum Gasteiger partial charge on any atom is -0.496 e. The number of aryl methyl sites for hydroxylation is 1. The van der Waals surface area contributed by atoms with E-state index in [2.05, 4.69) is 23.1 Å². The highest BCUT2D eigenvalue weighted by Crippen LogP contribution is 2.29. The number of methoxy groups -OCH3 is 1. The summed E-state index contributed by atoms with van der Waals surface area (Å²) in [7, 11) is 1.69. The molecule has 172 valence electrons. The first-order chi connectivity index (χ1) is 16.0. The molecule has 8 heteroatoms. The van der Waals surface area contributed by atoms with Crippen molar-refractivity contribution in [2.75, 3.05) is 33.3 Å². The third kappa shape index (κ3) is 5.06. The van der Waals surface area contributed by atoms with E-state index < -0.39 is 4.92 Å². The zero-order valence-corrected chi connectivity index (χ0v) is 18.8. The SMILES string of the molecule is COc1ccc2ccccc2c1CN1CCN(C(=O)OCc2ccc([N+](=O)[O-])c(C)c2)CC1.